The predicted molar refractivity (Wildman–Crippen MR) is 65.1 cm³/mol. The van der Waals surface area contributed by atoms with Crippen molar-refractivity contribution >= 4 is 5.97 Å². The molecule has 17 heavy (non-hydrogen) atoms. The lowest BCUT2D eigenvalue weighted by Crippen LogP contribution is -2.35. The molecular weight excluding hydrogens is 216 g/mol. The molecule has 1 saturated carbocycles. The number of rotatable bonds is 2. The van der Waals surface area contributed by atoms with Crippen molar-refractivity contribution < 1.29 is 15.0 Å². The van der Waals surface area contributed by atoms with E-state index < -0.39 is 12.1 Å². The molecule has 3 atom stereocenters. The maximum Gasteiger partial charge on any atom is 0.0668 e. The maximum absolute atomic E-state index is 10.6. The lowest BCUT2D eigenvalue weighted by molar-refractivity contribution is -0.299. The third-order valence-corrected chi connectivity index (χ3v) is 3.88. The Kier molecular flexibility index (Phi) is 4.36. The average Bonchev–Trinajstić information content (AvgIpc) is 2.19. The van der Waals surface area contributed by atoms with Gasteiger partial charge in [-0.2, -0.15) is 0 Å². The van der Waals surface area contributed by atoms with Gasteiger partial charge in [0.25, 0.3) is 0 Å². The van der Waals surface area contributed by atoms with Crippen molar-refractivity contribution in [3.8, 4) is 0 Å². The molecule has 98 valence electrons. The van der Waals surface area contributed by atoms with Crippen molar-refractivity contribution in [2.24, 2.45) is 17.3 Å². The SMILES string of the molecule is C/C(=C\C1CCC(C(C)(C)C)CC1O)C(=O)[O-]. The first-order valence-corrected chi connectivity index (χ1v) is 6.29. The summed E-state index contributed by atoms with van der Waals surface area (Å²) in [5.41, 5.74) is 0.433. The Hall–Kier alpha value is -0.830. The fraction of sp³-hybridized carbons (Fsp3) is 0.786. The molecule has 0 aromatic heterocycles. The van der Waals surface area contributed by atoms with Crippen molar-refractivity contribution in [1.29, 1.82) is 0 Å². The summed E-state index contributed by atoms with van der Waals surface area (Å²) in [4.78, 5) is 10.6. The quantitative estimate of drug-likeness (QED) is 0.743. The van der Waals surface area contributed by atoms with Crippen LogP contribution in [0.5, 0.6) is 0 Å². The minimum absolute atomic E-state index is 0.0356. The van der Waals surface area contributed by atoms with Crippen LogP contribution in [0.1, 0.15) is 47.0 Å². The van der Waals surface area contributed by atoms with E-state index >= 15 is 0 Å². The largest absolute Gasteiger partial charge is 0.545 e. The average molecular weight is 239 g/mol. The second-order valence-corrected chi connectivity index (χ2v) is 6.24. The highest BCUT2D eigenvalue weighted by Gasteiger charge is 2.34. The number of aliphatic hydroxyl groups excluding tert-OH is 1. The Balaban J connectivity index is 2.66. The number of hydrogen-bond donors (Lipinski definition) is 1. The molecule has 0 heterocycles. The van der Waals surface area contributed by atoms with Gasteiger partial charge >= 0.3 is 0 Å². The Labute approximate surface area is 104 Å². The number of carbonyl (C=O) groups is 1. The van der Waals surface area contributed by atoms with Crippen molar-refractivity contribution in [3.05, 3.63) is 11.6 Å². The molecule has 0 bridgehead atoms. The van der Waals surface area contributed by atoms with Gasteiger partial charge in [0, 0.05) is 5.92 Å². The highest BCUT2D eigenvalue weighted by molar-refractivity contribution is 5.83. The molecule has 1 fully saturated rings. The topological polar surface area (TPSA) is 60.4 Å². The van der Waals surface area contributed by atoms with Crippen molar-refractivity contribution in [2.45, 2.75) is 53.1 Å². The summed E-state index contributed by atoms with van der Waals surface area (Å²) in [7, 11) is 0. The van der Waals surface area contributed by atoms with E-state index in [9.17, 15) is 15.0 Å². The van der Waals surface area contributed by atoms with Gasteiger partial charge in [0.15, 0.2) is 0 Å². The molecule has 3 unspecified atom stereocenters. The molecule has 0 aromatic carbocycles. The lowest BCUT2D eigenvalue weighted by atomic mass is 9.68. The summed E-state index contributed by atoms with van der Waals surface area (Å²) in [5.74, 6) is -0.674. The summed E-state index contributed by atoms with van der Waals surface area (Å²) in [6.45, 7) is 8.09. The van der Waals surface area contributed by atoms with Crippen LogP contribution in [0.4, 0.5) is 0 Å². The van der Waals surface area contributed by atoms with Crippen LogP contribution in [0, 0.1) is 17.3 Å². The van der Waals surface area contributed by atoms with Gasteiger partial charge in [-0.1, -0.05) is 26.8 Å². The van der Waals surface area contributed by atoms with Gasteiger partial charge in [-0.15, -0.1) is 0 Å². The van der Waals surface area contributed by atoms with Crippen LogP contribution in [-0.4, -0.2) is 17.2 Å². The summed E-state index contributed by atoms with van der Waals surface area (Å²) in [5, 5.41) is 20.7. The molecule has 3 nitrogen and oxygen atoms in total. The van der Waals surface area contributed by atoms with Crippen LogP contribution in [0.3, 0.4) is 0 Å². The number of aliphatic hydroxyl groups is 1. The van der Waals surface area contributed by atoms with Crippen LogP contribution < -0.4 is 5.11 Å². The maximum atomic E-state index is 10.6. The van der Waals surface area contributed by atoms with E-state index in [0.717, 1.165) is 19.3 Å². The van der Waals surface area contributed by atoms with Gasteiger partial charge in [0.2, 0.25) is 0 Å². The molecule has 0 radical (unpaired) electrons. The fourth-order valence-corrected chi connectivity index (χ4v) is 2.54. The van der Waals surface area contributed by atoms with E-state index in [4.69, 9.17) is 0 Å². The van der Waals surface area contributed by atoms with Crippen LogP contribution in [0.2, 0.25) is 0 Å². The van der Waals surface area contributed by atoms with Gasteiger partial charge in [-0.3, -0.25) is 0 Å². The number of hydrogen-bond acceptors (Lipinski definition) is 3. The van der Waals surface area contributed by atoms with E-state index in [2.05, 4.69) is 20.8 Å². The van der Waals surface area contributed by atoms with Crippen LogP contribution >= 0.6 is 0 Å². The van der Waals surface area contributed by atoms with E-state index in [1.165, 1.54) is 6.92 Å². The van der Waals surface area contributed by atoms with Crippen molar-refractivity contribution in [3.63, 3.8) is 0 Å². The Morgan fingerprint density at radius 3 is 2.35 bits per heavy atom. The van der Waals surface area contributed by atoms with E-state index in [1.54, 1.807) is 6.08 Å². The molecular formula is C14H23O3-. The third-order valence-electron chi connectivity index (χ3n) is 3.88. The van der Waals surface area contributed by atoms with Crippen LogP contribution in [0.25, 0.3) is 0 Å². The second-order valence-electron chi connectivity index (χ2n) is 6.24. The first-order chi connectivity index (χ1) is 7.71. The molecule has 1 rings (SSSR count). The number of carbonyl (C=O) groups excluding carboxylic acids is 1. The van der Waals surface area contributed by atoms with Crippen LogP contribution in [-0.2, 0) is 4.79 Å². The van der Waals surface area contributed by atoms with Gasteiger partial charge < -0.3 is 15.0 Å². The second kappa shape index (κ2) is 5.21. The first-order valence-electron chi connectivity index (χ1n) is 6.29. The fourth-order valence-electron chi connectivity index (χ4n) is 2.54. The zero-order chi connectivity index (χ0) is 13.2. The molecule has 3 heteroatoms. The minimum Gasteiger partial charge on any atom is -0.545 e. The smallest absolute Gasteiger partial charge is 0.0668 e. The molecule has 1 aliphatic rings. The number of carboxylic acids is 1. The van der Waals surface area contributed by atoms with E-state index in [-0.39, 0.29) is 16.9 Å². The lowest BCUT2D eigenvalue weighted by Gasteiger charge is -2.39. The molecule has 0 amide bonds. The molecule has 0 spiro atoms. The van der Waals surface area contributed by atoms with Gasteiger partial charge in [0.05, 0.1) is 12.1 Å². The van der Waals surface area contributed by atoms with E-state index in [0.29, 0.717) is 5.92 Å². The Bertz CT molecular complexity index is 312. The van der Waals surface area contributed by atoms with Gasteiger partial charge in [-0.25, -0.2) is 0 Å². The minimum atomic E-state index is -1.14. The molecule has 0 aromatic rings. The monoisotopic (exact) mass is 239 g/mol. The molecule has 1 aliphatic carbocycles. The van der Waals surface area contributed by atoms with Crippen molar-refractivity contribution in [1.82, 2.24) is 0 Å². The Morgan fingerprint density at radius 2 is 1.94 bits per heavy atom. The zero-order valence-corrected chi connectivity index (χ0v) is 11.2. The molecule has 0 saturated heterocycles. The Morgan fingerprint density at radius 1 is 1.35 bits per heavy atom. The summed E-state index contributed by atoms with van der Waals surface area (Å²) in [6, 6.07) is 0. The highest BCUT2D eigenvalue weighted by Crippen LogP contribution is 2.40. The van der Waals surface area contributed by atoms with Gasteiger partial charge in [0.1, 0.15) is 0 Å². The van der Waals surface area contributed by atoms with Crippen LogP contribution in [0.15, 0.2) is 11.6 Å². The summed E-state index contributed by atoms with van der Waals surface area (Å²) >= 11 is 0. The predicted octanol–water partition coefficient (Wildman–Crippen LogP) is 1.51. The molecule has 1 N–H and O–H groups in total. The molecule has 0 aliphatic heterocycles. The normalized spacial score (nSPS) is 31.4. The number of carboxylic acid groups (broad SMARTS) is 1. The number of aliphatic carboxylic acids is 1. The first kappa shape index (κ1) is 14.2. The highest BCUT2D eigenvalue weighted by atomic mass is 16.4. The summed E-state index contributed by atoms with van der Waals surface area (Å²) in [6.07, 6.45) is 3.88. The van der Waals surface area contributed by atoms with E-state index in [1.807, 2.05) is 0 Å². The standard InChI is InChI=1S/C14H24O3/c1-9(13(16)17)7-10-5-6-11(8-12(10)15)14(2,3)4/h7,10-12,15H,5-6,8H2,1-4H3,(H,16,17)/p-1/b9-7+. The third kappa shape index (κ3) is 3.84. The summed E-state index contributed by atoms with van der Waals surface area (Å²) < 4.78 is 0. The zero-order valence-electron chi connectivity index (χ0n) is 11.2. The van der Waals surface area contributed by atoms with Crippen molar-refractivity contribution in [2.75, 3.05) is 0 Å². The van der Waals surface area contributed by atoms with Gasteiger partial charge in [-0.05, 0) is 43.1 Å².